The Balaban J connectivity index is 2.46. The molecule has 3 N–H and O–H groups in total. The number of aliphatic imine (C=N–C) groups is 1. The second-order valence-electron chi connectivity index (χ2n) is 3.23. The summed E-state index contributed by atoms with van der Waals surface area (Å²) in [7, 11) is 0. The van der Waals surface area contributed by atoms with Gasteiger partial charge in [-0.3, -0.25) is 0 Å². The number of aryl methyl sites for hydroxylation is 1. The largest absolute Gasteiger partial charge is 0.370 e. The van der Waals surface area contributed by atoms with Crippen LogP contribution < -0.4 is 11.1 Å². The average Bonchev–Trinajstić information content (AvgIpc) is 2.47. The van der Waals surface area contributed by atoms with Crippen LogP contribution in [0.2, 0.25) is 0 Å². The van der Waals surface area contributed by atoms with E-state index in [2.05, 4.69) is 20.4 Å². The van der Waals surface area contributed by atoms with Gasteiger partial charge in [0.05, 0.1) is 0 Å². The van der Waals surface area contributed by atoms with Crippen LogP contribution >= 0.6 is 0 Å². The standard InChI is InChI=1S/C8H15N5O/c1-5(2)11-8(9)10-4-7-12-6(3)14-13-7/h5H,4H2,1-3H3,(H3,9,10,11). The first-order valence-corrected chi connectivity index (χ1v) is 4.43. The van der Waals surface area contributed by atoms with Gasteiger partial charge < -0.3 is 15.6 Å². The quantitative estimate of drug-likeness (QED) is 0.533. The van der Waals surface area contributed by atoms with Crippen molar-refractivity contribution in [1.82, 2.24) is 15.5 Å². The van der Waals surface area contributed by atoms with Crippen LogP contribution in [0.3, 0.4) is 0 Å². The topological polar surface area (TPSA) is 89.3 Å². The molecule has 0 radical (unpaired) electrons. The molecule has 0 aliphatic rings. The first-order chi connectivity index (χ1) is 6.58. The van der Waals surface area contributed by atoms with E-state index in [-0.39, 0.29) is 6.04 Å². The molecule has 14 heavy (non-hydrogen) atoms. The smallest absolute Gasteiger partial charge is 0.223 e. The highest BCUT2D eigenvalue weighted by atomic mass is 16.5. The number of aromatic nitrogens is 2. The minimum Gasteiger partial charge on any atom is -0.370 e. The molecule has 0 aliphatic heterocycles. The van der Waals surface area contributed by atoms with Crippen LogP contribution in [0.5, 0.6) is 0 Å². The Hall–Kier alpha value is -1.59. The average molecular weight is 197 g/mol. The second-order valence-corrected chi connectivity index (χ2v) is 3.23. The normalized spacial score (nSPS) is 12.1. The number of nitrogens with zero attached hydrogens (tertiary/aromatic N) is 3. The molecule has 0 spiro atoms. The Morgan fingerprint density at radius 2 is 2.36 bits per heavy atom. The first-order valence-electron chi connectivity index (χ1n) is 4.43. The van der Waals surface area contributed by atoms with Crippen molar-refractivity contribution in [2.24, 2.45) is 10.7 Å². The summed E-state index contributed by atoms with van der Waals surface area (Å²) < 4.78 is 4.79. The molecule has 1 heterocycles. The zero-order valence-electron chi connectivity index (χ0n) is 8.61. The van der Waals surface area contributed by atoms with Gasteiger partial charge in [-0.15, -0.1) is 0 Å². The van der Waals surface area contributed by atoms with E-state index in [9.17, 15) is 0 Å². The molecule has 1 rings (SSSR count). The molecule has 1 aromatic heterocycles. The zero-order valence-corrected chi connectivity index (χ0v) is 8.61. The van der Waals surface area contributed by atoms with E-state index in [1.807, 2.05) is 13.8 Å². The minimum absolute atomic E-state index is 0.269. The van der Waals surface area contributed by atoms with Gasteiger partial charge in [0.1, 0.15) is 6.54 Å². The van der Waals surface area contributed by atoms with E-state index in [0.29, 0.717) is 24.2 Å². The van der Waals surface area contributed by atoms with Gasteiger partial charge in [-0.1, -0.05) is 5.16 Å². The Morgan fingerprint density at radius 3 is 2.86 bits per heavy atom. The molecule has 0 saturated carbocycles. The molecule has 0 unspecified atom stereocenters. The third kappa shape index (κ3) is 3.42. The predicted molar refractivity (Wildman–Crippen MR) is 52.6 cm³/mol. The molecule has 0 fully saturated rings. The van der Waals surface area contributed by atoms with Crippen molar-refractivity contribution in [3.8, 4) is 0 Å². The summed E-state index contributed by atoms with van der Waals surface area (Å²) in [6, 6.07) is 0.269. The molecule has 0 amide bonds. The third-order valence-electron chi connectivity index (χ3n) is 1.40. The van der Waals surface area contributed by atoms with E-state index >= 15 is 0 Å². The molecular weight excluding hydrogens is 182 g/mol. The lowest BCUT2D eigenvalue weighted by Gasteiger charge is -2.07. The second kappa shape index (κ2) is 4.59. The van der Waals surface area contributed by atoms with Crippen molar-refractivity contribution < 1.29 is 4.52 Å². The summed E-state index contributed by atoms with van der Waals surface area (Å²) in [5.74, 6) is 1.46. The Kier molecular flexibility index (Phi) is 3.44. The van der Waals surface area contributed by atoms with Gasteiger partial charge in [0.25, 0.3) is 0 Å². The number of hydrogen-bond donors (Lipinski definition) is 2. The zero-order chi connectivity index (χ0) is 10.6. The van der Waals surface area contributed by atoms with Crippen LogP contribution in [0.4, 0.5) is 0 Å². The van der Waals surface area contributed by atoms with Crippen molar-refractivity contribution >= 4 is 5.96 Å². The van der Waals surface area contributed by atoms with Gasteiger partial charge in [0.15, 0.2) is 11.8 Å². The van der Waals surface area contributed by atoms with Crippen molar-refractivity contribution in [2.75, 3.05) is 0 Å². The van der Waals surface area contributed by atoms with Gasteiger partial charge >= 0.3 is 0 Å². The number of nitrogens with two attached hydrogens (primary N) is 1. The highest BCUT2D eigenvalue weighted by Crippen LogP contribution is 1.95. The van der Waals surface area contributed by atoms with Crippen LogP contribution in [-0.4, -0.2) is 22.1 Å². The van der Waals surface area contributed by atoms with Crippen molar-refractivity contribution in [3.63, 3.8) is 0 Å². The SMILES string of the molecule is Cc1nc(CN=C(N)NC(C)C)no1. The van der Waals surface area contributed by atoms with Gasteiger partial charge in [-0.2, -0.15) is 4.98 Å². The highest BCUT2D eigenvalue weighted by Gasteiger charge is 2.01. The van der Waals surface area contributed by atoms with E-state index in [1.165, 1.54) is 0 Å². The lowest BCUT2D eigenvalue weighted by molar-refractivity contribution is 0.387. The number of hydrogen-bond acceptors (Lipinski definition) is 4. The van der Waals surface area contributed by atoms with Gasteiger partial charge in [-0.05, 0) is 13.8 Å². The van der Waals surface area contributed by atoms with Crippen molar-refractivity contribution in [2.45, 2.75) is 33.4 Å². The molecular formula is C8H15N5O. The summed E-state index contributed by atoms with van der Waals surface area (Å²) >= 11 is 0. The summed E-state index contributed by atoms with van der Waals surface area (Å²) in [5, 5.41) is 6.65. The minimum atomic E-state index is 0.269. The summed E-state index contributed by atoms with van der Waals surface area (Å²) in [4.78, 5) is 8.04. The van der Waals surface area contributed by atoms with E-state index in [1.54, 1.807) is 6.92 Å². The summed E-state index contributed by atoms with van der Waals surface area (Å²) in [6.07, 6.45) is 0. The fraction of sp³-hybridized carbons (Fsp3) is 0.625. The monoisotopic (exact) mass is 197 g/mol. The van der Waals surface area contributed by atoms with Crippen LogP contribution in [-0.2, 0) is 6.54 Å². The van der Waals surface area contributed by atoms with Gasteiger partial charge in [-0.25, -0.2) is 4.99 Å². The molecule has 6 nitrogen and oxygen atoms in total. The number of rotatable bonds is 3. The number of guanidine groups is 1. The van der Waals surface area contributed by atoms with E-state index < -0.39 is 0 Å². The maximum atomic E-state index is 5.58. The molecule has 78 valence electrons. The van der Waals surface area contributed by atoms with Gasteiger partial charge in [0.2, 0.25) is 5.89 Å². The fourth-order valence-corrected chi connectivity index (χ4v) is 0.903. The van der Waals surface area contributed by atoms with E-state index in [0.717, 1.165) is 0 Å². The Morgan fingerprint density at radius 1 is 1.64 bits per heavy atom. The molecule has 0 saturated heterocycles. The maximum absolute atomic E-state index is 5.58. The third-order valence-corrected chi connectivity index (χ3v) is 1.40. The molecule has 1 aromatic rings. The van der Waals surface area contributed by atoms with Crippen molar-refractivity contribution in [1.29, 1.82) is 0 Å². The Bertz CT molecular complexity index is 317. The summed E-state index contributed by atoms with van der Waals surface area (Å²) in [5.41, 5.74) is 5.58. The summed E-state index contributed by atoms with van der Waals surface area (Å²) in [6.45, 7) is 6.04. The van der Waals surface area contributed by atoms with Crippen LogP contribution in [0.1, 0.15) is 25.6 Å². The van der Waals surface area contributed by atoms with Crippen LogP contribution in [0, 0.1) is 6.92 Å². The predicted octanol–water partition coefficient (Wildman–Crippen LogP) is 0.191. The highest BCUT2D eigenvalue weighted by molar-refractivity contribution is 5.77. The molecule has 0 atom stereocenters. The van der Waals surface area contributed by atoms with Crippen LogP contribution in [0.15, 0.2) is 9.52 Å². The van der Waals surface area contributed by atoms with E-state index in [4.69, 9.17) is 10.3 Å². The lowest BCUT2D eigenvalue weighted by Crippen LogP contribution is -2.36. The molecule has 6 heteroatoms. The maximum Gasteiger partial charge on any atom is 0.223 e. The fourth-order valence-electron chi connectivity index (χ4n) is 0.903. The van der Waals surface area contributed by atoms with Crippen LogP contribution in [0.25, 0.3) is 0 Å². The molecule has 0 bridgehead atoms. The van der Waals surface area contributed by atoms with Crippen molar-refractivity contribution in [3.05, 3.63) is 11.7 Å². The number of nitrogens with one attached hydrogen (secondary N) is 1. The molecule has 0 aromatic carbocycles. The van der Waals surface area contributed by atoms with Gasteiger partial charge in [0, 0.05) is 13.0 Å². The molecule has 0 aliphatic carbocycles. The Labute approximate surface area is 82.6 Å². The first kappa shape index (κ1) is 10.5. The lowest BCUT2D eigenvalue weighted by atomic mass is 10.4.